The lowest BCUT2D eigenvalue weighted by Crippen LogP contribution is -2.42. The third-order valence-corrected chi connectivity index (χ3v) is 6.84. The van der Waals surface area contributed by atoms with Gasteiger partial charge in [-0.05, 0) is 46.8 Å². The number of nitrogens with zero attached hydrogens (tertiary/aromatic N) is 4. The molecule has 0 aromatic carbocycles. The number of thiophene rings is 1. The van der Waals surface area contributed by atoms with Crippen LogP contribution < -0.4 is 10.9 Å². The van der Waals surface area contributed by atoms with Gasteiger partial charge in [-0.3, -0.25) is 20.4 Å². The molecule has 0 fully saturated rings. The van der Waals surface area contributed by atoms with Crippen LogP contribution in [-0.4, -0.2) is 31.6 Å². The molecule has 0 aliphatic rings. The standard InChI is InChI=1S/C22H24N6O2S2/c1-11(2)28-21-17(9-23-28)16(7-18(25-21)15-6-13(4)32-14(15)5)22(30)27-26-19(29)8-20-24-12(3)10-31-20/h6-7,9-11H,8H2,1-5H3,(H,26,29)(H,27,30). The van der Waals surface area contributed by atoms with Gasteiger partial charge in [0.1, 0.15) is 5.01 Å². The van der Waals surface area contributed by atoms with E-state index < -0.39 is 5.91 Å². The van der Waals surface area contributed by atoms with Crippen LogP contribution in [0.15, 0.2) is 23.7 Å². The minimum Gasteiger partial charge on any atom is -0.273 e. The number of hydrogen-bond acceptors (Lipinski definition) is 7. The lowest BCUT2D eigenvalue weighted by molar-refractivity contribution is -0.121. The second-order valence-electron chi connectivity index (χ2n) is 7.86. The van der Waals surface area contributed by atoms with Crippen LogP contribution in [0.3, 0.4) is 0 Å². The summed E-state index contributed by atoms with van der Waals surface area (Å²) in [6, 6.07) is 3.91. The minimum atomic E-state index is -0.421. The highest BCUT2D eigenvalue weighted by Crippen LogP contribution is 2.32. The van der Waals surface area contributed by atoms with Crippen LogP contribution in [-0.2, 0) is 11.2 Å². The van der Waals surface area contributed by atoms with Crippen LogP contribution in [0.1, 0.15) is 50.7 Å². The highest BCUT2D eigenvalue weighted by Gasteiger charge is 2.20. The number of fused-ring (bicyclic) bond motifs is 1. The van der Waals surface area contributed by atoms with Gasteiger partial charge >= 0.3 is 0 Å². The van der Waals surface area contributed by atoms with E-state index in [-0.39, 0.29) is 18.4 Å². The number of pyridine rings is 1. The molecule has 4 heterocycles. The average Bonchev–Trinajstić information content (AvgIpc) is 3.43. The van der Waals surface area contributed by atoms with Crippen molar-refractivity contribution in [1.82, 2.24) is 30.6 Å². The fraction of sp³-hybridized carbons (Fsp3) is 0.318. The maximum Gasteiger partial charge on any atom is 0.270 e. The molecule has 2 N–H and O–H groups in total. The van der Waals surface area contributed by atoms with Gasteiger partial charge in [0.2, 0.25) is 5.91 Å². The Morgan fingerprint density at radius 2 is 1.91 bits per heavy atom. The maximum atomic E-state index is 13.1. The van der Waals surface area contributed by atoms with Gasteiger partial charge in [-0.25, -0.2) is 14.6 Å². The number of thiazole rings is 1. The third kappa shape index (κ3) is 4.42. The predicted octanol–water partition coefficient (Wildman–Crippen LogP) is 4.13. The summed E-state index contributed by atoms with van der Waals surface area (Å²) in [6.45, 7) is 9.99. The summed E-state index contributed by atoms with van der Waals surface area (Å²) in [5.41, 5.74) is 8.63. The molecular formula is C22H24N6O2S2. The number of aromatic nitrogens is 4. The number of rotatable bonds is 5. The van der Waals surface area contributed by atoms with Crippen LogP contribution >= 0.6 is 22.7 Å². The van der Waals surface area contributed by atoms with Gasteiger partial charge < -0.3 is 0 Å². The molecule has 0 bridgehead atoms. The number of carbonyl (C=O) groups is 2. The van der Waals surface area contributed by atoms with Crippen molar-refractivity contribution in [2.45, 2.75) is 47.1 Å². The van der Waals surface area contributed by atoms with E-state index >= 15 is 0 Å². The van der Waals surface area contributed by atoms with E-state index in [0.717, 1.165) is 16.1 Å². The van der Waals surface area contributed by atoms with E-state index in [1.807, 2.05) is 40.0 Å². The zero-order valence-electron chi connectivity index (χ0n) is 18.5. The molecule has 0 atom stereocenters. The molecule has 0 aliphatic heterocycles. The zero-order chi connectivity index (χ0) is 23.0. The Balaban J connectivity index is 1.65. The first-order chi connectivity index (χ1) is 15.2. The van der Waals surface area contributed by atoms with Gasteiger partial charge in [-0.1, -0.05) is 0 Å². The lowest BCUT2D eigenvalue weighted by atomic mass is 10.1. The monoisotopic (exact) mass is 468 g/mol. The van der Waals surface area contributed by atoms with Crippen LogP contribution in [0.25, 0.3) is 22.3 Å². The number of carbonyl (C=O) groups excluding carboxylic acids is 2. The summed E-state index contributed by atoms with van der Waals surface area (Å²) in [5, 5.41) is 7.65. The molecule has 2 amide bonds. The summed E-state index contributed by atoms with van der Waals surface area (Å²) in [4.78, 5) is 36.7. The molecule has 0 radical (unpaired) electrons. The lowest BCUT2D eigenvalue weighted by Gasteiger charge is -2.11. The summed E-state index contributed by atoms with van der Waals surface area (Å²) in [5.74, 6) is -0.754. The second-order valence-corrected chi connectivity index (χ2v) is 10.3. The Kier molecular flexibility index (Phi) is 6.07. The number of hydrazine groups is 1. The molecule has 4 aromatic rings. The van der Waals surface area contributed by atoms with Crippen molar-refractivity contribution in [3.8, 4) is 11.3 Å². The zero-order valence-corrected chi connectivity index (χ0v) is 20.1. The first kappa shape index (κ1) is 22.1. The topological polar surface area (TPSA) is 102 Å². The molecule has 0 saturated carbocycles. The van der Waals surface area contributed by atoms with Gasteiger partial charge in [-0.15, -0.1) is 22.7 Å². The van der Waals surface area contributed by atoms with E-state index in [0.29, 0.717) is 27.3 Å². The van der Waals surface area contributed by atoms with Crippen molar-refractivity contribution >= 4 is 45.5 Å². The molecule has 0 aliphatic carbocycles. The SMILES string of the molecule is Cc1csc(CC(=O)NNC(=O)c2cc(-c3cc(C)sc3C)nc3c2cnn3C(C)C)n1. The van der Waals surface area contributed by atoms with Crippen molar-refractivity contribution in [2.24, 2.45) is 0 Å². The fourth-order valence-corrected chi connectivity index (χ4v) is 5.17. The fourth-order valence-electron chi connectivity index (χ4n) is 3.47. The average molecular weight is 469 g/mol. The number of aryl methyl sites for hydroxylation is 3. The van der Waals surface area contributed by atoms with Crippen LogP contribution in [0.5, 0.6) is 0 Å². The molecule has 0 unspecified atom stereocenters. The largest absolute Gasteiger partial charge is 0.273 e. The van der Waals surface area contributed by atoms with Crippen molar-refractivity contribution in [2.75, 3.05) is 0 Å². The Hall–Kier alpha value is -3.11. The Labute approximate surface area is 193 Å². The molecule has 0 saturated heterocycles. The van der Waals surface area contributed by atoms with E-state index in [1.54, 1.807) is 28.3 Å². The van der Waals surface area contributed by atoms with Crippen molar-refractivity contribution in [3.05, 3.63) is 49.7 Å². The van der Waals surface area contributed by atoms with Gasteiger partial charge in [0.25, 0.3) is 5.91 Å². The molecule has 8 nitrogen and oxygen atoms in total. The highest BCUT2D eigenvalue weighted by molar-refractivity contribution is 7.12. The Morgan fingerprint density at radius 1 is 1.12 bits per heavy atom. The third-order valence-electron chi connectivity index (χ3n) is 4.91. The van der Waals surface area contributed by atoms with E-state index in [9.17, 15) is 9.59 Å². The second kappa shape index (κ2) is 8.79. The quantitative estimate of drug-likeness (QED) is 0.429. The van der Waals surface area contributed by atoms with E-state index in [1.165, 1.54) is 16.2 Å². The Morgan fingerprint density at radius 3 is 2.53 bits per heavy atom. The van der Waals surface area contributed by atoms with Gasteiger partial charge in [0.15, 0.2) is 5.65 Å². The van der Waals surface area contributed by atoms with E-state index in [4.69, 9.17) is 4.98 Å². The van der Waals surface area contributed by atoms with Crippen molar-refractivity contribution in [3.63, 3.8) is 0 Å². The maximum absolute atomic E-state index is 13.1. The van der Waals surface area contributed by atoms with Gasteiger partial charge in [-0.2, -0.15) is 5.10 Å². The smallest absolute Gasteiger partial charge is 0.270 e. The molecule has 166 valence electrons. The van der Waals surface area contributed by atoms with Crippen molar-refractivity contribution in [1.29, 1.82) is 0 Å². The predicted molar refractivity (Wildman–Crippen MR) is 127 cm³/mol. The summed E-state index contributed by atoms with van der Waals surface area (Å²) < 4.78 is 1.80. The Bertz CT molecular complexity index is 1320. The van der Waals surface area contributed by atoms with Gasteiger partial charge in [0.05, 0.1) is 29.3 Å². The number of hydrogen-bond donors (Lipinski definition) is 2. The minimum absolute atomic E-state index is 0.0814. The molecule has 10 heteroatoms. The number of amides is 2. The molecule has 0 spiro atoms. The molecule has 4 aromatic heterocycles. The first-order valence-electron chi connectivity index (χ1n) is 10.2. The normalized spacial score (nSPS) is 11.3. The molecule has 4 rings (SSSR count). The summed E-state index contributed by atoms with van der Waals surface area (Å²) >= 11 is 3.10. The van der Waals surface area contributed by atoms with Crippen molar-refractivity contribution < 1.29 is 9.59 Å². The van der Waals surface area contributed by atoms with Gasteiger partial charge in [0, 0.05) is 32.4 Å². The van der Waals surface area contributed by atoms with E-state index in [2.05, 4.69) is 27.0 Å². The summed E-state index contributed by atoms with van der Waals surface area (Å²) in [7, 11) is 0. The highest BCUT2D eigenvalue weighted by atomic mass is 32.1. The summed E-state index contributed by atoms with van der Waals surface area (Å²) in [6.07, 6.45) is 1.75. The molecular weight excluding hydrogens is 444 g/mol. The molecule has 32 heavy (non-hydrogen) atoms. The van der Waals surface area contributed by atoms with Crippen LogP contribution in [0.4, 0.5) is 0 Å². The van der Waals surface area contributed by atoms with Crippen LogP contribution in [0, 0.1) is 20.8 Å². The number of nitrogens with one attached hydrogen (secondary N) is 2. The van der Waals surface area contributed by atoms with Crippen LogP contribution in [0.2, 0.25) is 0 Å². The first-order valence-corrected chi connectivity index (χ1v) is 11.9.